The van der Waals surface area contributed by atoms with E-state index in [1.165, 1.54) is 22.0 Å². The highest BCUT2D eigenvalue weighted by Gasteiger charge is 1.98. The fraction of sp³-hybridized carbons (Fsp3) is 0.167. The number of pyridine rings is 1. The molecule has 106 valence electrons. The maximum atomic E-state index is 4.14. The van der Waals surface area contributed by atoms with Crippen LogP contribution in [0.2, 0.25) is 0 Å². The predicted molar refractivity (Wildman–Crippen MR) is 89.8 cm³/mol. The first kappa shape index (κ1) is 13.4. The third-order valence-electron chi connectivity index (χ3n) is 3.59. The average Bonchev–Trinajstić information content (AvgIpc) is 2.53. The molecule has 0 unspecified atom stereocenters. The number of aromatic nitrogens is 1. The van der Waals surface area contributed by atoms with Crippen LogP contribution in [0.5, 0.6) is 0 Å². The van der Waals surface area contributed by atoms with Crippen molar-refractivity contribution in [2.45, 2.75) is 6.54 Å². The predicted octanol–water partition coefficient (Wildman–Crippen LogP) is 3.91. The fourth-order valence-electron chi connectivity index (χ4n) is 2.32. The van der Waals surface area contributed by atoms with Crippen molar-refractivity contribution in [1.82, 2.24) is 4.98 Å². The summed E-state index contributed by atoms with van der Waals surface area (Å²) in [6.07, 6.45) is 3.73. The van der Waals surface area contributed by atoms with Gasteiger partial charge in [-0.3, -0.25) is 4.98 Å². The van der Waals surface area contributed by atoms with Gasteiger partial charge in [0.2, 0.25) is 0 Å². The Morgan fingerprint density at radius 2 is 1.76 bits per heavy atom. The number of anilines is 2. The molecule has 3 aromatic rings. The summed E-state index contributed by atoms with van der Waals surface area (Å²) in [7, 11) is 4.10. The summed E-state index contributed by atoms with van der Waals surface area (Å²) in [5, 5.41) is 5.86. The molecule has 0 aliphatic heterocycles. The minimum Gasteiger partial charge on any atom is -0.381 e. The molecule has 0 saturated carbocycles. The highest BCUT2D eigenvalue weighted by molar-refractivity contribution is 5.82. The Labute approximate surface area is 125 Å². The van der Waals surface area contributed by atoms with Gasteiger partial charge < -0.3 is 10.2 Å². The summed E-state index contributed by atoms with van der Waals surface area (Å²) in [5.74, 6) is 0. The molecular formula is C18H19N3. The summed E-state index contributed by atoms with van der Waals surface area (Å²) >= 11 is 0. The summed E-state index contributed by atoms with van der Waals surface area (Å²) in [5.41, 5.74) is 3.61. The Bertz CT molecular complexity index is 733. The third kappa shape index (κ3) is 3.14. The SMILES string of the molecule is CN(C)c1ccc(NCc2ccc3cnccc3c2)cc1. The summed E-state index contributed by atoms with van der Waals surface area (Å²) in [6, 6.07) is 17.0. The van der Waals surface area contributed by atoms with Gasteiger partial charge in [-0.05, 0) is 47.3 Å². The Kier molecular flexibility index (Phi) is 3.73. The molecule has 0 bridgehead atoms. The maximum absolute atomic E-state index is 4.14. The molecule has 0 aliphatic rings. The Morgan fingerprint density at radius 1 is 0.952 bits per heavy atom. The molecular weight excluding hydrogens is 258 g/mol. The van der Waals surface area contributed by atoms with E-state index in [1.807, 2.05) is 32.6 Å². The molecule has 0 amide bonds. The lowest BCUT2D eigenvalue weighted by molar-refractivity contribution is 1.12. The van der Waals surface area contributed by atoms with E-state index in [-0.39, 0.29) is 0 Å². The Balaban J connectivity index is 1.71. The van der Waals surface area contributed by atoms with Crippen LogP contribution in [0.1, 0.15) is 5.56 Å². The molecule has 2 aromatic carbocycles. The van der Waals surface area contributed by atoms with Crippen LogP contribution < -0.4 is 10.2 Å². The van der Waals surface area contributed by atoms with Gasteiger partial charge in [-0.2, -0.15) is 0 Å². The van der Waals surface area contributed by atoms with Gasteiger partial charge in [0, 0.05) is 49.8 Å². The third-order valence-corrected chi connectivity index (χ3v) is 3.59. The van der Waals surface area contributed by atoms with Gasteiger partial charge >= 0.3 is 0 Å². The van der Waals surface area contributed by atoms with E-state index >= 15 is 0 Å². The first-order chi connectivity index (χ1) is 10.2. The van der Waals surface area contributed by atoms with E-state index in [0.717, 1.165) is 12.2 Å². The molecule has 3 heteroatoms. The van der Waals surface area contributed by atoms with Crippen LogP contribution in [0.15, 0.2) is 60.9 Å². The van der Waals surface area contributed by atoms with E-state index in [9.17, 15) is 0 Å². The first-order valence-electron chi connectivity index (χ1n) is 7.06. The van der Waals surface area contributed by atoms with E-state index in [4.69, 9.17) is 0 Å². The molecule has 1 heterocycles. The number of hydrogen-bond donors (Lipinski definition) is 1. The molecule has 0 fully saturated rings. The highest BCUT2D eigenvalue weighted by Crippen LogP contribution is 2.18. The minimum absolute atomic E-state index is 0.819. The van der Waals surface area contributed by atoms with Crippen LogP contribution in [0.25, 0.3) is 10.8 Å². The van der Waals surface area contributed by atoms with Crippen molar-refractivity contribution in [2.24, 2.45) is 0 Å². The summed E-state index contributed by atoms with van der Waals surface area (Å²) in [6.45, 7) is 0.819. The van der Waals surface area contributed by atoms with E-state index in [1.54, 1.807) is 0 Å². The zero-order chi connectivity index (χ0) is 14.7. The van der Waals surface area contributed by atoms with Crippen molar-refractivity contribution in [3.8, 4) is 0 Å². The van der Waals surface area contributed by atoms with Crippen LogP contribution in [-0.2, 0) is 6.54 Å². The smallest absolute Gasteiger partial charge is 0.0401 e. The van der Waals surface area contributed by atoms with Crippen LogP contribution in [0.3, 0.4) is 0 Å². The number of nitrogens with zero attached hydrogens (tertiary/aromatic N) is 2. The molecule has 0 spiro atoms. The molecule has 1 N–H and O–H groups in total. The normalized spacial score (nSPS) is 10.6. The van der Waals surface area contributed by atoms with Crippen LogP contribution in [-0.4, -0.2) is 19.1 Å². The van der Waals surface area contributed by atoms with Gasteiger partial charge in [-0.25, -0.2) is 0 Å². The number of rotatable bonds is 4. The molecule has 3 rings (SSSR count). The van der Waals surface area contributed by atoms with Crippen molar-refractivity contribution in [2.75, 3.05) is 24.3 Å². The molecule has 1 aromatic heterocycles. The summed E-state index contributed by atoms with van der Waals surface area (Å²) < 4.78 is 0. The molecule has 0 atom stereocenters. The van der Waals surface area contributed by atoms with Crippen LogP contribution in [0, 0.1) is 0 Å². The Morgan fingerprint density at radius 3 is 2.52 bits per heavy atom. The minimum atomic E-state index is 0.819. The van der Waals surface area contributed by atoms with Gasteiger partial charge in [-0.15, -0.1) is 0 Å². The molecule has 0 radical (unpaired) electrons. The number of benzene rings is 2. The van der Waals surface area contributed by atoms with E-state index in [0.29, 0.717) is 0 Å². The first-order valence-corrected chi connectivity index (χ1v) is 7.06. The monoisotopic (exact) mass is 277 g/mol. The van der Waals surface area contributed by atoms with Crippen LogP contribution in [0.4, 0.5) is 11.4 Å². The lowest BCUT2D eigenvalue weighted by atomic mass is 10.1. The van der Waals surface area contributed by atoms with Crippen molar-refractivity contribution in [3.05, 3.63) is 66.5 Å². The van der Waals surface area contributed by atoms with Crippen molar-refractivity contribution in [1.29, 1.82) is 0 Å². The second kappa shape index (κ2) is 5.83. The standard InChI is InChI=1S/C18H19N3/c1-21(2)18-7-5-17(6-8-18)20-12-14-3-4-16-13-19-10-9-15(16)11-14/h3-11,13,20H,12H2,1-2H3. The maximum Gasteiger partial charge on any atom is 0.0401 e. The highest BCUT2D eigenvalue weighted by atomic mass is 15.1. The van der Waals surface area contributed by atoms with Crippen molar-refractivity contribution < 1.29 is 0 Å². The van der Waals surface area contributed by atoms with Gasteiger partial charge in [-0.1, -0.05) is 12.1 Å². The number of hydrogen-bond acceptors (Lipinski definition) is 3. The molecule has 0 saturated heterocycles. The second-order valence-electron chi connectivity index (χ2n) is 5.35. The molecule has 3 nitrogen and oxygen atoms in total. The molecule has 21 heavy (non-hydrogen) atoms. The largest absolute Gasteiger partial charge is 0.381 e. The van der Waals surface area contributed by atoms with Gasteiger partial charge in [0.1, 0.15) is 0 Å². The van der Waals surface area contributed by atoms with E-state index in [2.05, 4.69) is 57.7 Å². The number of nitrogens with one attached hydrogen (secondary N) is 1. The summed E-state index contributed by atoms with van der Waals surface area (Å²) in [4.78, 5) is 6.24. The second-order valence-corrected chi connectivity index (χ2v) is 5.35. The van der Waals surface area contributed by atoms with Gasteiger partial charge in [0.05, 0.1) is 0 Å². The van der Waals surface area contributed by atoms with E-state index < -0.39 is 0 Å². The average molecular weight is 277 g/mol. The van der Waals surface area contributed by atoms with Crippen molar-refractivity contribution >= 4 is 22.1 Å². The fourth-order valence-corrected chi connectivity index (χ4v) is 2.32. The van der Waals surface area contributed by atoms with Crippen molar-refractivity contribution in [3.63, 3.8) is 0 Å². The zero-order valence-corrected chi connectivity index (χ0v) is 12.4. The van der Waals surface area contributed by atoms with Gasteiger partial charge in [0.25, 0.3) is 0 Å². The quantitative estimate of drug-likeness (QED) is 0.783. The lowest BCUT2D eigenvalue weighted by Gasteiger charge is -2.13. The number of fused-ring (bicyclic) bond motifs is 1. The topological polar surface area (TPSA) is 28.2 Å². The van der Waals surface area contributed by atoms with Gasteiger partial charge in [0.15, 0.2) is 0 Å². The Hall–Kier alpha value is -2.55. The zero-order valence-electron chi connectivity index (χ0n) is 12.4. The molecule has 0 aliphatic carbocycles. The van der Waals surface area contributed by atoms with Crippen LogP contribution >= 0.6 is 0 Å². The lowest BCUT2D eigenvalue weighted by Crippen LogP contribution is -2.08.